The predicted molar refractivity (Wildman–Crippen MR) is 93.3 cm³/mol. The molecule has 132 valence electrons. The van der Waals surface area contributed by atoms with Gasteiger partial charge in [-0.15, -0.1) is 0 Å². The first kappa shape index (κ1) is 17.4. The Kier molecular flexibility index (Phi) is 5.54. The second-order valence-corrected chi connectivity index (χ2v) is 7.26. The van der Waals surface area contributed by atoms with Crippen LogP contribution in [0.3, 0.4) is 0 Å². The average molecular weight is 332 g/mol. The van der Waals surface area contributed by atoms with E-state index in [4.69, 9.17) is 4.74 Å². The molecule has 0 aromatic heterocycles. The molecule has 0 spiro atoms. The number of ether oxygens (including phenoxy) is 1. The lowest BCUT2D eigenvalue weighted by Gasteiger charge is -2.33. The quantitative estimate of drug-likeness (QED) is 0.855. The maximum atomic E-state index is 12.4. The summed E-state index contributed by atoms with van der Waals surface area (Å²) in [5.74, 6) is -0.106. The van der Waals surface area contributed by atoms with Crippen LogP contribution in [0.4, 0.5) is 0 Å². The van der Waals surface area contributed by atoms with Crippen LogP contribution in [0.25, 0.3) is 0 Å². The zero-order chi connectivity index (χ0) is 17.0. The number of hydrogen-bond acceptors (Lipinski definition) is 4. The van der Waals surface area contributed by atoms with E-state index < -0.39 is 5.60 Å². The Morgan fingerprint density at radius 2 is 1.96 bits per heavy atom. The van der Waals surface area contributed by atoms with Gasteiger partial charge in [-0.1, -0.05) is 6.07 Å². The van der Waals surface area contributed by atoms with Gasteiger partial charge in [0.25, 0.3) is 5.91 Å². The maximum absolute atomic E-state index is 12.4. The van der Waals surface area contributed by atoms with Gasteiger partial charge in [0.05, 0.1) is 18.8 Å². The van der Waals surface area contributed by atoms with Gasteiger partial charge < -0.3 is 15.2 Å². The maximum Gasteiger partial charge on any atom is 0.251 e. The Hall–Kier alpha value is -1.43. The van der Waals surface area contributed by atoms with Gasteiger partial charge in [0.2, 0.25) is 0 Å². The summed E-state index contributed by atoms with van der Waals surface area (Å²) in [7, 11) is 0. The first-order valence-electron chi connectivity index (χ1n) is 8.96. The lowest BCUT2D eigenvalue weighted by atomic mass is 9.90. The Bertz CT molecular complexity index is 580. The Morgan fingerprint density at radius 3 is 2.71 bits per heavy atom. The third kappa shape index (κ3) is 4.56. The molecule has 1 aromatic rings. The van der Waals surface area contributed by atoms with Gasteiger partial charge in [-0.05, 0) is 55.9 Å². The first-order chi connectivity index (χ1) is 11.5. The van der Waals surface area contributed by atoms with Gasteiger partial charge in [0.1, 0.15) is 0 Å². The molecule has 2 N–H and O–H groups in total. The van der Waals surface area contributed by atoms with Crippen LogP contribution in [0.15, 0.2) is 18.2 Å². The second-order valence-electron chi connectivity index (χ2n) is 7.26. The molecule has 1 unspecified atom stereocenters. The van der Waals surface area contributed by atoms with Crippen molar-refractivity contribution in [2.45, 2.75) is 38.2 Å². The van der Waals surface area contributed by atoms with Crippen molar-refractivity contribution in [1.82, 2.24) is 10.2 Å². The smallest absolute Gasteiger partial charge is 0.251 e. The number of β-amino-alcohol motifs (C(OH)–C–C–N with tert-alkyl or cyclic N) is 1. The number of carbonyl (C=O) groups excluding carboxylic acids is 1. The summed E-state index contributed by atoms with van der Waals surface area (Å²) in [5, 5.41) is 13.4. The van der Waals surface area contributed by atoms with Crippen molar-refractivity contribution >= 4 is 5.91 Å². The Balaban J connectivity index is 1.54. The number of morpholine rings is 1. The molecule has 1 saturated heterocycles. The number of amides is 1. The van der Waals surface area contributed by atoms with Crippen LogP contribution in [-0.4, -0.2) is 60.9 Å². The van der Waals surface area contributed by atoms with Gasteiger partial charge in [-0.3, -0.25) is 9.69 Å². The molecule has 0 bridgehead atoms. The third-order valence-corrected chi connectivity index (χ3v) is 4.91. The molecule has 2 aliphatic rings. The molecule has 3 rings (SSSR count). The van der Waals surface area contributed by atoms with Crippen molar-refractivity contribution in [3.63, 3.8) is 0 Å². The zero-order valence-corrected chi connectivity index (χ0v) is 14.5. The summed E-state index contributed by atoms with van der Waals surface area (Å²) in [6, 6.07) is 5.99. The molecular weight excluding hydrogens is 304 g/mol. The van der Waals surface area contributed by atoms with E-state index in [1.54, 1.807) is 6.92 Å². The number of rotatable bonds is 5. The third-order valence-electron chi connectivity index (χ3n) is 4.91. The van der Waals surface area contributed by atoms with E-state index in [-0.39, 0.29) is 12.5 Å². The number of carbonyl (C=O) groups is 1. The summed E-state index contributed by atoms with van der Waals surface area (Å²) in [4.78, 5) is 14.6. The summed E-state index contributed by atoms with van der Waals surface area (Å²) >= 11 is 0. The number of fused-ring (bicyclic) bond motifs is 1. The molecule has 1 aliphatic carbocycles. The fourth-order valence-corrected chi connectivity index (χ4v) is 3.54. The molecular formula is C19H28N2O3. The minimum atomic E-state index is -0.943. The van der Waals surface area contributed by atoms with Gasteiger partial charge in [0, 0.05) is 31.7 Å². The van der Waals surface area contributed by atoms with Crippen molar-refractivity contribution in [3.05, 3.63) is 34.9 Å². The van der Waals surface area contributed by atoms with Crippen LogP contribution < -0.4 is 5.32 Å². The zero-order valence-electron chi connectivity index (χ0n) is 14.5. The number of aryl methyl sites for hydroxylation is 2. The molecule has 1 aromatic carbocycles. The van der Waals surface area contributed by atoms with Crippen LogP contribution in [0.5, 0.6) is 0 Å². The molecule has 0 saturated carbocycles. The molecule has 24 heavy (non-hydrogen) atoms. The molecule has 1 aliphatic heterocycles. The number of nitrogens with zero attached hydrogens (tertiary/aromatic N) is 1. The lowest BCUT2D eigenvalue weighted by molar-refractivity contribution is -0.0213. The Morgan fingerprint density at radius 1 is 1.25 bits per heavy atom. The molecule has 1 amide bonds. The molecule has 1 fully saturated rings. The second kappa shape index (κ2) is 7.64. The molecule has 0 radical (unpaired) electrons. The van der Waals surface area contributed by atoms with Crippen LogP contribution in [0.1, 0.15) is 41.3 Å². The minimum Gasteiger partial charge on any atom is -0.387 e. The summed E-state index contributed by atoms with van der Waals surface area (Å²) < 4.78 is 5.32. The highest BCUT2D eigenvalue weighted by atomic mass is 16.5. The molecule has 1 heterocycles. The van der Waals surface area contributed by atoms with Gasteiger partial charge in [0.15, 0.2) is 0 Å². The number of nitrogens with one attached hydrogen (secondary N) is 1. The number of hydrogen-bond donors (Lipinski definition) is 2. The standard InChI is InChI=1S/C19H28N2O3/c1-19(23,14-21-8-10-24-11-9-21)13-20-18(22)17-7-6-15-4-2-3-5-16(15)12-17/h6-7,12,23H,2-5,8-11,13-14H2,1H3,(H,20,22). The fourth-order valence-electron chi connectivity index (χ4n) is 3.54. The summed E-state index contributed by atoms with van der Waals surface area (Å²) in [5.41, 5.74) is 2.42. The lowest BCUT2D eigenvalue weighted by Crippen LogP contribution is -2.51. The Labute approximate surface area is 144 Å². The molecule has 5 heteroatoms. The summed E-state index contributed by atoms with van der Waals surface area (Å²) in [6.45, 7) is 5.63. The van der Waals surface area contributed by atoms with E-state index in [2.05, 4.69) is 16.3 Å². The number of aliphatic hydroxyl groups is 1. The van der Waals surface area contributed by atoms with Crippen LogP contribution in [0, 0.1) is 0 Å². The van der Waals surface area contributed by atoms with E-state index in [1.807, 2.05) is 12.1 Å². The molecule has 1 atom stereocenters. The highest BCUT2D eigenvalue weighted by molar-refractivity contribution is 5.94. The van der Waals surface area contributed by atoms with Crippen molar-refractivity contribution < 1.29 is 14.6 Å². The topological polar surface area (TPSA) is 61.8 Å². The van der Waals surface area contributed by atoms with E-state index in [9.17, 15) is 9.90 Å². The predicted octanol–water partition coefficient (Wildman–Crippen LogP) is 1.38. The van der Waals surface area contributed by atoms with Crippen LogP contribution in [-0.2, 0) is 17.6 Å². The summed E-state index contributed by atoms with van der Waals surface area (Å²) in [6.07, 6.45) is 4.62. The van der Waals surface area contributed by atoms with E-state index in [1.165, 1.54) is 24.0 Å². The van der Waals surface area contributed by atoms with Crippen molar-refractivity contribution in [2.24, 2.45) is 0 Å². The van der Waals surface area contributed by atoms with Gasteiger partial charge in [-0.25, -0.2) is 0 Å². The highest BCUT2D eigenvalue weighted by Crippen LogP contribution is 2.22. The largest absolute Gasteiger partial charge is 0.387 e. The molecule has 5 nitrogen and oxygen atoms in total. The van der Waals surface area contributed by atoms with Crippen molar-refractivity contribution in [3.8, 4) is 0 Å². The fraction of sp³-hybridized carbons (Fsp3) is 0.632. The van der Waals surface area contributed by atoms with Gasteiger partial charge >= 0.3 is 0 Å². The minimum absolute atomic E-state index is 0.106. The van der Waals surface area contributed by atoms with Crippen LogP contribution in [0.2, 0.25) is 0 Å². The first-order valence-corrected chi connectivity index (χ1v) is 8.96. The van der Waals surface area contributed by atoms with Crippen molar-refractivity contribution in [2.75, 3.05) is 39.4 Å². The van der Waals surface area contributed by atoms with Crippen LogP contribution >= 0.6 is 0 Å². The normalized spacial score (nSPS) is 20.9. The SMILES string of the molecule is CC(O)(CNC(=O)c1ccc2c(c1)CCCC2)CN1CCOCC1. The average Bonchev–Trinajstić information content (AvgIpc) is 2.60. The van der Waals surface area contributed by atoms with Gasteiger partial charge in [-0.2, -0.15) is 0 Å². The van der Waals surface area contributed by atoms with E-state index in [0.717, 1.165) is 25.9 Å². The van der Waals surface area contributed by atoms with E-state index in [0.29, 0.717) is 25.3 Å². The highest BCUT2D eigenvalue weighted by Gasteiger charge is 2.26. The number of benzene rings is 1. The monoisotopic (exact) mass is 332 g/mol. The van der Waals surface area contributed by atoms with Crippen molar-refractivity contribution in [1.29, 1.82) is 0 Å². The van der Waals surface area contributed by atoms with E-state index >= 15 is 0 Å².